The fourth-order valence-corrected chi connectivity index (χ4v) is 7.14. The van der Waals surface area contributed by atoms with E-state index in [1.54, 1.807) is 29.3 Å². The number of halogens is 1. The molecule has 222 valence electrons. The van der Waals surface area contributed by atoms with Crippen molar-refractivity contribution in [3.05, 3.63) is 84.3 Å². The van der Waals surface area contributed by atoms with E-state index in [1.807, 2.05) is 52.9 Å². The predicted molar refractivity (Wildman–Crippen MR) is 169 cm³/mol. The first-order valence-corrected chi connectivity index (χ1v) is 15.0. The fraction of sp³-hybridized carbons (Fsp3) is 0.294. The molecule has 2 aliphatic heterocycles. The van der Waals surface area contributed by atoms with Gasteiger partial charge in [-0.25, -0.2) is 19.3 Å². The smallest absolute Gasteiger partial charge is 0.223 e. The lowest BCUT2D eigenvalue weighted by molar-refractivity contribution is -0.126. The summed E-state index contributed by atoms with van der Waals surface area (Å²) < 4.78 is 18.1. The lowest BCUT2D eigenvalue weighted by Gasteiger charge is -2.49. The van der Waals surface area contributed by atoms with Crippen molar-refractivity contribution in [2.45, 2.75) is 31.2 Å². The molecular formula is C34H33FN8O. The fourth-order valence-electron chi connectivity index (χ4n) is 7.14. The Kier molecular flexibility index (Phi) is 5.83. The minimum absolute atomic E-state index is 0.0970. The molecule has 1 spiro atoms. The SMILES string of the molecule is CN1CC2(CC1=O)CN(c1cccc(-c3ccc4nc(-c5cccnc5N)n(-c5ccc(C6(N)CCC6)cc5)c4n3)c1F)C2. The van der Waals surface area contributed by atoms with Crippen LogP contribution in [0.5, 0.6) is 0 Å². The number of carbonyl (C=O) groups is 1. The number of nitrogens with zero attached hydrogens (tertiary/aromatic N) is 6. The molecule has 44 heavy (non-hydrogen) atoms. The standard InChI is InChI=1S/C34H33FN8O/c1-41-18-33(17-28(41)44)19-42(20-33)27-7-2-5-23(29(27)35)25-12-13-26-32(39-25)43(31(40-26)24-6-3-16-38-30(24)36)22-10-8-21(9-11-22)34(37)14-4-15-34/h2-3,5-13,16H,4,14-15,17-20,37H2,1H3,(H2,36,38). The molecule has 4 N–H and O–H groups in total. The molecule has 0 radical (unpaired) electrons. The molecule has 8 rings (SSSR count). The monoisotopic (exact) mass is 588 g/mol. The van der Waals surface area contributed by atoms with E-state index in [2.05, 4.69) is 17.1 Å². The molecule has 0 bridgehead atoms. The van der Waals surface area contributed by atoms with Gasteiger partial charge in [-0.2, -0.15) is 0 Å². The number of fused-ring (bicyclic) bond motifs is 1. The molecule has 1 aliphatic carbocycles. The van der Waals surface area contributed by atoms with Crippen molar-refractivity contribution in [1.29, 1.82) is 0 Å². The van der Waals surface area contributed by atoms with Crippen LogP contribution in [0.15, 0.2) is 72.9 Å². The molecular weight excluding hydrogens is 555 g/mol. The van der Waals surface area contributed by atoms with E-state index in [1.165, 1.54) is 0 Å². The number of carbonyl (C=O) groups excluding carboxylic acids is 1. The van der Waals surface area contributed by atoms with Crippen molar-refractivity contribution >= 4 is 28.6 Å². The second-order valence-electron chi connectivity index (χ2n) is 12.7. The summed E-state index contributed by atoms with van der Waals surface area (Å²) in [6, 6.07) is 21.0. The molecule has 2 saturated heterocycles. The number of likely N-dealkylation sites (tertiary alicyclic amines) is 1. The van der Waals surface area contributed by atoms with Gasteiger partial charge in [-0.15, -0.1) is 0 Å². The van der Waals surface area contributed by atoms with E-state index in [-0.39, 0.29) is 22.7 Å². The first kappa shape index (κ1) is 26.8. The van der Waals surface area contributed by atoms with Crippen LogP contribution in [0.2, 0.25) is 0 Å². The summed E-state index contributed by atoms with van der Waals surface area (Å²) in [5.74, 6) is 0.788. The summed E-state index contributed by atoms with van der Waals surface area (Å²) >= 11 is 0. The number of hydrogen-bond donors (Lipinski definition) is 2. The first-order valence-electron chi connectivity index (χ1n) is 15.0. The zero-order valence-corrected chi connectivity index (χ0v) is 24.5. The number of aromatic nitrogens is 4. The summed E-state index contributed by atoms with van der Waals surface area (Å²) in [6.07, 6.45) is 5.24. The Labute approximate surface area is 254 Å². The molecule has 1 saturated carbocycles. The van der Waals surface area contributed by atoms with Crippen LogP contribution in [-0.2, 0) is 10.3 Å². The van der Waals surface area contributed by atoms with Crippen LogP contribution in [0.1, 0.15) is 31.2 Å². The zero-order valence-electron chi connectivity index (χ0n) is 24.5. The summed E-state index contributed by atoms with van der Waals surface area (Å²) in [7, 11) is 1.83. The van der Waals surface area contributed by atoms with E-state index in [4.69, 9.17) is 21.4 Å². The van der Waals surface area contributed by atoms with Gasteiger partial charge in [0.15, 0.2) is 17.3 Å². The third kappa shape index (κ3) is 4.08. The summed E-state index contributed by atoms with van der Waals surface area (Å²) in [5, 5.41) is 0. The minimum Gasteiger partial charge on any atom is -0.383 e. The van der Waals surface area contributed by atoms with Gasteiger partial charge in [-0.05, 0) is 73.4 Å². The van der Waals surface area contributed by atoms with Crippen LogP contribution in [0.4, 0.5) is 15.9 Å². The average Bonchev–Trinajstić information content (AvgIpc) is 3.52. The zero-order chi connectivity index (χ0) is 30.2. The number of nitrogens with two attached hydrogens (primary N) is 2. The first-order chi connectivity index (χ1) is 21.2. The van der Waals surface area contributed by atoms with Crippen molar-refractivity contribution < 1.29 is 9.18 Å². The number of amides is 1. The van der Waals surface area contributed by atoms with Crippen LogP contribution >= 0.6 is 0 Å². The number of rotatable bonds is 5. The minimum atomic E-state index is -0.326. The van der Waals surface area contributed by atoms with Crippen molar-refractivity contribution in [3.8, 4) is 28.3 Å². The normalized spacial score (nSPS) is 18.6. The van der Waals surface area contributed by atoms with E-state index < -0.39 is 0 Å². The summed E-state index contributed by atoms with van der Waals surface area (Å²) in [4.78, 5) is 30.2. The highest BCUT2D eigenvalue weighted by Crippen LogP contribution is 2.44. The van der Waals surface area contributed by atoms with Gasteiger partial charge < -0.3 is 21.3 Å². The van der Waals surface area contributed by atoms with E-state index in [9.17, 15) is 4.79 Å². The topological polar surface area (TPSA) is 119 Å². The van der Waals surface area contributed by atoms with Crippen molar-refractivity contribution in [1.82, 2.24) is 24.4 Å². The van der Waals surface area contributed by atoms with Crippen molar-refractivity contribution in [3.63, 3.8) is 0 Å². The molecule has 1 amide bonds. The largest absolute Gasteiger partial charge is 0.383 e. The Bertz CT molecular complexity index is 1940. The number of imidazole rings is 1. The maximum Gasteiger partial charge on any atom is 0.223 e. The van der Waals surface area contributed by atoms with Gasteiger partial charge in [0.05, 0.1) is 16.9 Å². The maximum atomic E-state index is 16.2. The van der Waals surface area contributed by atoms with Gasteiger partial charge in [0.1, 0.15) is 11.3 Å². The Morgan fingerprint density at radius 2 is 1.68 bits per heavy atom. The van der Waals surface area contributed by atoms with Crippen LogP contribution in [0.25, 0.3) is 39.5 Å². The lowest BCUT2D eigenvalue weighted by Crippen LogP contribution is -2.57. The Hall–Kier alpha value is -4.83. The van der Waals surface area contributed by atoms with Gasteiger partial charge in [0, 0.05) is 61.5 Å². The third-order valence-corrected chi connectivity index (χ3v) is 9.70. The van der Waals surface area contributed by atoms with Crippen LogP contribution in [0, 0.1) is 11.2 Å². The highest BCUT2D eigenvalue weighted by atomic mass is 19.1. The van der Waals surface area contributed by atoms with Crippen LogP contribution in [-0.4, -0.2) is 57.0 Å². The van der Waals surface area contributed by atoms with Gasteiger partial charge in [-0.3, -0.25) is 9.36 Å². The predicted octanol–water partition coefficient (Wildman–Crippen LogP) is 4.88. The average molecular weight is 589 g/mol. The van der Waals surface area contributed by atoms with E-state index in [0.717, 1.165) is 30.5 Å². The number of benzene rings is 2. The van der Waals surface area contributed by atoms with Gasteiger partial charge in [0.25, 0.3) is 0 Å². The molecule has 0 atom stereocenters. The van der Waals surface area contributed by atoms with Crippen molar-refractivity contribution in [2.24, 2.45) is 11.1 Å². The molecule has 3 aromatic heterocycles. The molecule has 10 heteroatoms. The Balaban J connectivity index is 1.21. The maximum absolute atomic E-state index is 16.2. The molecule has 5 heterocycles. The van der Waals surface area contributed by atoms with Gasteiger partial charge in [-0.1, -0.05) is 18.2 Å². The van der Waals surface area contributed by atoms with E-state index in [0.29, 0.717) is 71.4 Å². The van der Waals surface area contributed by atoms with E-state index >= 15 is 4.39 Å². The highest BCUT2D eigenvalue weighted by molar-refractivity contribution is 5.85. The van der Waals surface area contributed by atoms with Crippen LogP contribution < -0.4 is 16.4 Å². The van der Waals surface area contributed by atoms with Crippen molar-refractivity contribution in [2.75, 3.05) is 37.3 Å². The Morgan fingerprint density at radius 3 is 2.36 bits per heavy atom. The number of hydrogen-bond acceptors (Lipinski definition) is 7. The second-order valence-corrected chi connectivity index (χ2v) is 12.7. The quantitative estimate of drug-likeness (QED) is 0.300. The highest BCUT2D eigenvalue weighted by Gasteiger charge is 2.50. The molecule has 3 fully saturated rings. The lowest BCUT2D eigenvalue weighted by atomic mass is 9.73. The number of pyridine rings is 2. The Morgan fingerprint density at radius 1 is 0.909 bits per heavy atom. The molecule has 2 aromatic carbocycles. The number of anilines is 2. The van der Waals surface area contributed by atoms with Gasteiger partial charge >= 0.3 is 0 Å². The molecule has 9 nitrogen and oxygen atoms in total. The molecule has 3 aliphatic rings. The second kappa shape index (κ2) is 9.59. The summed E-state index contributed by atoms with van der Waals surface area (Å²) in [6.45, 7) is 2.01. The third-order valence-electron chi connectivity index (χ3n) is 9.70. The molecule has 5 aromatic rings. The van der Waals surface area contributed by atoms with Crippen LogP contribution in [0.3, 0.4) is 0 Å². The summed E-state index contributed by atoms with van der Waals surface area (Å²) in [5.41, 5.74) is 17.8. The number of nitrogen functional groups attached to an aromatic ring is 1. The van der Waals surface area contributed by atoms with Gasteiger partial charge in [0.2, 0.25) is 5.91 Å². The molecule has 0 unspecified atom stereocenters.